The van der Waals surface area contributed by atoms with Crippen molar-refractivity contribution in [1.29, 1.82) is 0 Å². The third-order valence-corrected chi connectivity index (χ3v) is 4.24. The van der Waals surface area contributed by atoms with Crippen LogP contribution in [0.4, 0.5) is 5.13 Å². The van der Waals surface area contributed by atoms with E-state index in [2.05, 4.69) is 24.1 Å². The first-order chi connectivity index (χ1) is 8.56. The first kappa shape index (κ1) is 13.4. The summed E-state index contributed by atoms with van der Waals surface area (Å²) < 4.78 is 0. The lowest BCUT2D eigenvalue weighted by atomic mass is 10.2. The van der Waals surface area contributed by atoms with Crippen LogP contribution in [0.3, 0.4) is 0 Å². The topological polar surface area (TPSA) is 62.3 Å². The molecule has 2 heterocycles. The molecule has 1 aliphatic heterocycles. The Kier molecular flexibility index (Phi) is 4.23. The van der Waals surface area contributed by atoms with Gasteiger partial charge in [-0.05, 0) is 5.92 Å². The van der Waals surface area contributed by atoms with Crippen molar-refractivity contribution >= 4 is 40.0 Å². The molecule has 98 valence electrons. The van der Waals surface area contributed by atoms with Gasteiger partial charge in [0.05, 0.1) is 17.3 Å². The number of hydrogen-bond acceptors (Lipinski definition) is 5. The van der Waals surface area contributed by atoms with Crippen LogP contribution in [-0.2, 0) is 9.59 Å². The van der Waals surface area contributed by atoms with E-state index in [1.165, 1.54) is 23.1 Å². The number of hydrogen-bond donors (Lipinski definition) is 1. The van der Waals surface area contributed by atoms with E-state index in [-0.39, 0.29) is 18.4 Å². The summed E-state index contributed by atoms with van der Waals surface area (Å²) in [5.74, 6) is 1.26. The number of carbonyl (C=O) groups is 2. The molecule has 5 nitrogen and oxygen atoms in total. The van der Waals surface area contributed by atoms with Crippen molar-refractivity contribution in [3.8, 4) is 0 Å². The molecule has 0 unspecified atom stereocenters. The van der Waals surface area contributed by atoms with Crippen molar-refractivity contribution in [1.82, 2.24) is 9.88 Å². The average Bonchev–Trinajstić information content (AvgIpc) is 2.89. The molecule has 2 amide bonds. The van der Waals surface area contributed by atoms with Gasteiger partial charge in [0.15, 0.2) is 5.13 Å². The molecule has 0 atom stereocenters. The summed E-state index contributed by atoms with van der Waals surface area (Å²) in [4.78, 5) is 29.0. The molecule has 0 aromatic carbocycles. The highest BCUT2D eigenvalue weighted by Gasteiger charge is 2.23. The number of aromatic nitrogens is 1. The SMILES string of the molecule is CC(C)c1csc(NC(=O)CN2CSCC2=O)n1. The number of thioether (sulfide) groups is 1. The maximum atomic E-state index is 11.7. The summed E-state index contributed by atoms with van der Waals surface area (Å²) in [5.41, 5.74) is 0.975. The van der Waals surface area contributed by atoms with E-state index in [0.29, 0.717) is 22.7 Å². The molecule has 1 N–H and O–H groups in total. The van der Waals surface area contributed by atoms with Crippen LogP contribution in [0.1, 0.15) is 25.5 Å². The Morgan fingerprint density at radius 3 is 2.94 bits per heavy atom. The number of amides is 2. The number of anilines is 1. The second-order valence-electron chi connectivity index (χ2n) is 4.35. The highest BCUT2D eigenvalue weighted by atomic mass is 32.2. The maximum Gasteiger partial charge on any atom is 0.245 e. The van der Waals surface area contributed by atoms with Gasteiger partial charge in [-0.1, -0.05) is 13.8 Å². The molecule has 0 aliphatic carbocycles. The van der Waals surface area contributed by atoms with Gasteiger partial charge < -0.3 is 10.2 Å². The van der Waals surface area contributed by atoms with Gasteiger partial charge in [0, 0.05) is 5.38 Å². The Morgan fingerprint density at radius 2 is 2.39 bits per heavy atom. The fourth-order valence-electron chi connectivity index (χ4n) is 1.48. The fraction of sp³-hybridized carbons (Fsp3) is 0.545. The first-order valence-electron chi connectivity index (χ1n) is 5.67. The minimum Gasteiger partial charge on any atom is -0.323 e. The van der Waals surface area contributed by atoms with E-state index in [0.717, 1.165) is 5.69 Å². The van der Waals surface area contributed by atoms with E-state index in [1.54, 1.807) is 4.90 Å². The van der Waals surface area contributed by atoms with Crippen molar-refractivity contribution in [2.45, 2.75) is 19.8 Å². The van der Waals surface area contributed by atoms with E-state index in [9.17, 15) is 9.59 Å². The summed E-state index contributed by atoms with van der Waals surface area (Å²) in [7, 11) is 0. The average molecular weight is 285 g/mol. The third kappa shape index (κ3) is 3.23. The largest absolute Gasteiger partial charge is 0.323 e. The molecule has 1 saturated heterocycles. The Hall–Kier alpha value is -1.08. The molecule has 0 radical (unpaired) electrons. The highest BCUT2D eigenvalue weighted by Crippen LogP contribution is 2.21. The molecule has 18 heavy (non-hydrogen) atoms. The van der Waals surface area contributed by atoms with Gasteiger partial charge in [0.1, 0.15) is 6.54 Å². The van der Waals surface area contributed by atoms with Gasteiger partial charge in [-0.2, -0.15) is 0 Å². The third-order valence-electron chi connectivity index (χ3n) is 2.52. The standard InChI is InChI=1S/C11H15N3O2S2/c1-7(2)8-4-18-11(12-8)13-9(15)3-14-6-17-5-10(14)16/h4,7H,3,5-6H2,1-2H3,(H,12,13,15). The molecule has 0 bridgehead atoms. The number of nitrogens with zero attached hydrogens (tertiary/aromatic N) is 2. The lowest BCUT2D eigenvalue weighted by Crippen LogP contribution is -2.34. The predicted octanol–water partition coefficient (Wildman–Crippen LogP) is 1.74. The quantitative estimate of drug-likeness (QED) is 0.915. The van der Waals surface area contributed by atoms with Crippen molar-refractivity contribution < 1.29 is 9.59 Å². The number of rotatable bonds is 4. The van der Waals surface area contributed by atoms with Crippen LogP contribution in [0, 0.1) is 0 Å². The van der Waals surface area contributed by atoms with Crippen molar-refractivity contribution in [2.24, 2.45) is 0 Å². The molecule has 0 saturated carbocycles. The van der Waals surface area contributed by atoms with E-state index in [4.69, 9.17) is 0 Å². The summed E-state index contributed by atoms with van der Waals surface area (Å²) in [6.07, 6.45) is 0. The van der Waals surface area contributed by atoms with Crippen molar-refractivity contribution in [3.63, 3.8) is 0 Å². The molecule has 1 fully saturated rings. The molecule has 2 rings (SSSR count). The van der Waals surface area contributed by atoms with Crippen LogP contribution in [0.2, 0.25) is 0 Å². The summed E-state index contributed by atoms with van der Waals surface area (Å²) in [5, 5.41) is 5.27. The Bertz CT molecular complexity index is 459. The lowest BCUT2D eigenvalue weighted by molar-refractivity contribution is -0.130. The summed E-state index contributed by atoms with van der Waals surface area (Å²) >= 11 is 2.94. The minimum atomic E-state index is -0.185. The zero-order valence-electron chi connectivity index (χ0n) is 10.3. The summed E-state index contributed by atoms with van der Waals surface area (Å²) in [6.45, 7) is 4.23. The first-order valence-corrected chi connectivity index (χ1v) is 7.70. The van der Waals surface area contributed by atoms with Crippen LogP contribution in [0.5, 0.6) is 0 Å². The molecule has 1 aliphatic rings. The van der Waals surface area contributed by atoms with Gasteiger partial charge in [-0.3, -0.25) is 9.59 Å². The number of carbonyl (C=O) groups excluding carboxylic acids is 2. The fourth-order valence-corrected chi connectivity index (χ4v) is 3.27. The van der Waals surface area contributed by atoms with E-state index in [1.807, 2.05) is 5.38 Å². The second kappa shape index (κ2) is 5.71. The van der Waals surface area contributed by atoms with Crippen LogP contribution in [-0.4, -0.2) is 39.9 Å². The van der Waals surface area contributed by atoms with Gasteiger partial charge in [0.25, 0.3) is 0 Å². The highest BCUT2D eigenvalue weighted by molar-refractivity contribution is 8.00. The van der Waals surface area contributed by atoms with Gasteiger partial charge >= 0.3 is 0 Å². The van der Waals surface area contributed by atoms with Crippen molar-refractivity contribution in [2.75, 3.05) is 23.5 Å². The predicted molar refractivity (Wildman–Crippen MR) is 73.9 cm³/mol. The lowest BCUT2D eigenvalue weighted by Gasteiger charge is -2.13. The summed E-state index contributed by atoms with van der Waals surface area (Å²) in [6, 6.07) is 0. The number of thiazole rings is 1. The minimum absolute atomic E-state index is 0.0251. The van der Waals surface area contributed by atoms with Gasteiger partial charge in [-0.25, -0.2) is 4.98 Å². The molecular formula is C11H15N3O2S2. The second-order valence-corrected chi connectivity index (χ2v) is 6.16. The van der Waals surface area contributed by atoms with Crippen LogP contribution in [0.25, 0.3) is 0 Å². The van der Waals surface area contributed by atoms with E-state index < -0.39 is 0 Å². The normalized spacial score (nSPS) is 15.5. The van der Waals surface area contributed by atoms with Gasteiger partial charge in [0.2, 0.25) is 11.8 Å². The van der Waals surface area contributed by atoms with Crippen LogP contribution < -0.4 is 5.32 Å². The molecule has 1 aromatic rings. The molecule has 1 aromatic heterocycles. The molecule has 0 spiro atoms. The molecule has 7 heteroatoms. The Morgan fingerprint density at radius 1 is 1.61 bits per heavy atom. The van der Waals surface area contributed by atoms with Crippen molar-refractivity contribution in [3.05, 3.63) is 11.1 Å². The maximum absolute atomic E-state index is 11.7. The van der Waals surface area contributed by atoms with Crippen LogP contribution in [0.15, 0.2) is 5.38 Å². The van der Waals surface area contributed by atoms with Crippen LogP contribution >= 0.6 is 23.1 Å². The smallest absolute Gasteiger partial charge is 0.245 e. The molecular weight excluding hydrogens is 270 g/mol. The number of nitrogens with one attached hydrogen (secondary N) is 1. The Labute approximate surface area is 114 Å². The van der Waals surface area contributed by atoms with Gasteiger partial charge in [-0.15, -0.1) is 23.1 Å². The Balaban J connectivity index is 1.88. The van der Waals surface area contributed by atoms with E-state index >= 15 is 0 Å². The monoisotopic (exact) mass is 285 g/mol. The zero-order valence-corrected chi connectivity index (χ0v) is 11.9. The zero-order chi connectivity index (χ0) is 13.1.